The molecule has 4 N–H and O–H groups in total. The molecule has 0 fully saturated rings. The maximum atomic E-state index is 11.9. The van der Waals surface area contributed by atoms with E-state index in [4.69, 9.17) is 25.4 Å². The summed E-state index contributed by atoms with van der Waals surface area (Å²) in [4.78, 5) is 34.3. The molecule has 0 unspecified atom stereocenters. The molecule has 0 aliphatic rings. The second-order valence-corrected chi connectivity index (χ2v) is 16.2. The Labute approximate surface area is 234 Å². The molecule has 0 heterocycles. The fourth-order valence-corrected chi connectivity index (χ4v) is 3.75. The molecular weight excluding hydrogens is 512 g/mol. The van der Waals surface area contributed by atoms with E-state index in [1.807, 2.05) is 59.7 Å². The lowest BCUT2D eigenvalue weighted by atomic mass is 9.91. The third kappa shape index (κ3) is 11.1. The standard InChI is InChI=1S/C16H27NO3Si.C14H19NO3/c1-7-16(2,3)15(18)19-11-12-8-9-14(13(17)10-12)20-21(4,5)6;1-4-14(2,3)13(17)18-9-10-5-6-11(8-16)12(15)7-10/h8-10H,7,11,17H2,1-6H3;5-8H,4,9,15H2,1-3H3. The fourth-order valence-electron chi connectivity index (χ4n) is 2.91. The van der Waals surface area contributed by atoms with E-state index >= 15 is 0 Å². The highest BCUT2D eigenvalue weighted by atomic mass is 28.4. The van der Waals surface area contributed by atoms with Crippen LogP contribution in [-0.4, -0.2) is 26.5 Å². The van der Waals surface area contributed by atoms with Gasteiger partial charge in [0.25, 0.3) is 0 Å². The first-order valence-corrected chi connectivity index (χ1v) is 16.6. The minimum atomic E-state index is -1.68. The Kier molecular flexibility index (Phi) is 12.2. The van der Waals surface area contributed by atoms with Crippen LogP contribution < -0.4 is 15.9 Å². The Morgan fingerprint density at radius 2 is 1.23 bits per heavy atom. The smallest absolute Gasteiger partial charge is 0.311 e. The van der Waals surface area contributed by atoms with Crippen molar-refractivity contribution in [2.75, 3.05) is 11.5 Å². The first kappa shape index (κ1) is 33.7. The van der Waals surface area contributed by atoms with E-state index < -0.39 is 19.1 Å². The van der Waals surface area contributed by atoms with Gasteiger partial charge < -0.3 is 25.4 Å². The van der Waals surface area contributed by atoms with Crippen molar-refractivity contribution in [2.45, 2.75) is 87.2 Å². The number of benzene rings is 2. The highest BCUT2D eigenvalue weighted by Gasteiger charge is 2.28. The van der Waals surface area contributed by atoms with Crippen molar-refractivity contribution < 1.29 is 28.3 Å². The number of rotatable bonds is 11. The minimum Gasteiger partial charge on any atom is -0.543 e. The van der Waals surface area contributed by atoms with Crippen LogP contribution in [-0.2, 0) is 32.3 Å². The van der Waals surface area contributed by atoms with Crippen molar-refractivity contribution in [3.05, 3.63) is 53.1 Å². The maximum Gasteiger partial charge on any atom is 0.311 e. The van der Waals surface area contributed by atoms with Gasteiger partial charge >= 0.3 is 11.9 Å². The Hall–Kier alpha value is -3.33. The molecular formula is C30H46N2O6Si. The van der Waals surface area contributed by atoms with E-state index in [1.54, 1.807) is 18.2 Å². The molecule has 0 spiro atoms. The largest absolute Gasteiger partial charge is 0.543 e. The number of esters is 2. The molecule has 216 valence electrons. The van der Waals surface area contributed by atoms with Gasteiger partial charge in [0.15, 0.2) is 6.29 Å². The van der Waals surface area contributed by atoms with Gasteiger partial charge in [-0.25, -0.2) is 0 Å². The molecule has 9 heteroatoms. The average molecular weight is 559 g/mol. The van der Waals surface area contributed by atoms with Gasteiger partial charge in [-0.1, -0.05) is 26.0 Å². The number of carbonyl (C=O) groups is 3. The van der Waals surface area contributed by atoms with Gasteiger partial charge in [-0.2, -0.15) is 0 Å². The lowest BCUT2D eigenvalue weighted by Crippen LogP contribution is -2.29. The van der Waals surface area contributed by atoms with Crippen LogP contribution in [0.25, 0.3) is 0 Å². The van der Waals surface area contributed by atoms with Crippen molar-refractivity contribution >= 4 is 37.9 Å². The second-order valence-electron chi connectivity index (χ2n) is 11.8. The SMILES string of the molecule is CCC(C)(C)C(=O)OCc1ccc(C=O)c(N)c1.CCC(C)(C)C(=O)OCc1ccc(O[Si](C)(C)C)c(N)c1. The number of hydrogen-bond donors (Lipinski definition) is 2. The molecule has 2 rings (SSSR count). The number of ether oxygens (including phenoxy) is 2. The molecule has 2 aromatic carbocycles. The Bertz CT molecular complexity index is 1140. The number of aldehydes is 1. The van der Waals surface area contributed by atoms with E-state index in [0.717, 1.165) is 24.0 Å². The summed E-state index contributed by atoms with van der Waals surface area (Å²) in [6.07, 6.45) is 2.17. The highest BCUT2D eigenvalue weighted by Crippen LogP contribution is 2.27. The molecule has 0 bridgehead atoms. The summed E-state index contributed by atoms with van der Waals surface area (Å²) in [5, 5.41) is 0. The van der Waals surface area contributed by atoms with Gasteiger partial charge in [-0.15, -0.1) is 0 Å². The van der Waals surface area contributed by atoms with E-state index in [1.165, 1.54) is 0 Å². The monoisotopic (exact) mass is 558 g/mol. The molecule has 0 aromatic heterocycles. The summed E-state index contributed by atoms with van der Waals surface area (Å²) in [6.45, 7) is 18.1. The summed E-state index contributed by atoms with van der Waals surface area (Å²) in [6, 6.07) is 10.5. The van der Waals surface area contributed by atoms with Crippen LogP contribution in [0, 0.1) is 10.8 Å². The van der Waals surface area contributed by atoms with Crippen LogP contribution >= 0.6 is 0 Å². The van der Waals surface area contributed by atoms with Gasteiger partial charge in [-0.05, 0) is 95.6 Å². The van der Waals surface area contributed by atoms with Crippen LogP contribution in [0.4, 0.5) is 11.4 Å². The average Bonchev–Trinajstić information content (AvgIpc) is 2.86. The zero-order chi connectivity index (χ0) is 30.0. The third-order valence-electron chi connectivity index (χ3n) is 6.38. The van der Waals surface area contributed by atoms with Crippen LogP contribution in [0.1, 0.15) is 75.9 Å². The van der Waals surface area contributed by atoms with Crippen LogP contribution in [0.3, 0.4) is 0 Å². The molecule has 0 amide bonds. The number of nitrogen functional groups attached to an aromatic ring is 2. The second kappa shape index (κ2) is 14.2. The molecule has 39 heavy (non-hydrogen) atoms. The quantitative estimate of drug-likeness (QED) is 0.138. The fraction of sp³-hybridized carbons (Fsp3) is 0.500. The lowest BCUT2D eigenvalue weighted by Gasteiger charge is -2.22. The molecule has 0 aliphatic carbocycles. The van der Waals surface area contributed by atoms with Gasteiger partial charge in [0.1, 0.15) is 19.0 Å². The molecule has 0 atom stereocenters. The number of nitrogens with two attached hydrogens (primary N) is 2. The Balaban J connectivity index is 0.000000395. The van der Waals surface area contributed by atoms with Gasteiger partial charge in [0.05, 0.1) is 16.5 Å². The topological polar surface area (TPSA) is 131 Å². The normalized spacial score (nSPS) is 11.6. The van der Waals surface area contributed by atoms with Crippen LogP contribution in [0.15, 0.2) is 36.4 Å². The highest BCUT2D eigenvalue weighted by molar-refractivity contribution is 6.70. The van der Waals surface area contributed by atoms with Crippen LogP contribution in [0.2, 0.25) is 19.6 Å². The number of carbonyl (C=O) groups excluding carboxylic acids is 3. The zero-order valence-electron chi connectivity index (χ0n) is 25.0. The first-order valence-electron chi connectivity index (χ1n) is 13.2. The predicted octanol–water partition coefficient (Wildman–Crippen LogP) is 6.52. The van der Waals surface area contributed by atoms with Crippen LogP contribution in [0.5, 0.6) is 5.75 Å². The van der Waals surface area contributed by atoms with Crippen molar-refractivity contribution in [3.63, 3.8) is 0 Å². The zero-order valence-corrected chi connectivity index (χ0v) is 26.0. The van der Waals surface area contributed by atoms with E-state index in [2.05, 4.69) is 19.6 Å². The molecule has 0 radical (unpaired) electrons. The van der Waals surface area contributed by atoms with Crippen molar-refractivity contribution in [2.24, 2.45) is 10.8 Å². The van der Waals surface area contributed by atoms with Crippen molar-refractivity contribution in [1.82, 2.24) is 0 Å². The predicted molar refractivity (Wildman–Crippen MR) is 159 cm³/mol. The maximum absolute atomic E-state index is 11.9. The summed E-state index contributed by atoms with van der Waals surface area (Å²) >= 11 is 0. The molecule has 2 aromatic rings. The van der Waals surface area contributed by atoms with Gasteiger partial charge in [-0.3, -0.25) is 14.4 Å². The van der Waals surface area contributed by atoms with E-state index in [9.17, 15) is 14.4 Å². The molecule has 8 nitrogen and oxygen atoms in total. The minimum absolute atomic E-state index is 0.172. The third-order valence-corrected chi connectivity index (χ3v) is 7.21. The van der Waals surface area contributed by atoms with Gasteiger partial charge in [0.2, 0.25) is 8.32 Å². The molecule has 0 aliphatic heterocycles. The first-order chi connectivity index (χ1) is 18.0. The molecule has 0 saturated heterocycles. The van der Waals surface area contributed by atoms with Crippen molar-refractivity contribution in [3.8, 4) is 5.75 Å². The van der Waals surface area contributed by atoms with Crippen molar-refractivity contribution in [1.29, 1.82) is 0 Å². The number of anilines is 2. The summed E-state index contributed by atoms with van der Waals surface area (Å²) in [7, 11) is -1.68. The summed E-state index contributed by atoms with van der Waals surface area (Å²) in [5.74, 6) is 0.284. The van der Waals surface area contributed by atoms with Gasteiger partial charge in [0, 0.05) is 11.3 Å². The lowest BCUT2D eigenvalue weighted by molar-refractivity contribution is -0.156. The van der Waals surface area contributed by atoms with E-state index in [0.29, 0.717) is 29.0 Å². The molecule has 0 saturated carbocycles. The Morgan fingerprint density at radius 1 is 0.795 bits per heavy atom. The Morgan fingerprint density at radius 3 is 1.59 bits per heavy atom. The number of hydrogen-bond acceptors (Lipinski definition) is 8. The van der Waals surface area contributed by atoms with E-state index in [-0.39, 0.29) is 25.2 Å². The summed E-state index contributed by atoms with van der Waals surface area (Å²) < 4.78 is 16.5. The summed E-state index contributed by atoms with van der Waals surface area (Å²) in [5.41, 5.74) is 13.8.